The van der Waals surface area contributed by atoms with Crippen molar-refractivity contribution >= 4 is 22.7 Å². The monoisotopic (exact) mass is 316 g/mol. The first kappa shape index (κ1) is 15.7. The lowest BCUT2D eigenvalue weighted by Crippen LogP contribution is -2.34. The van der Waals surface area contributed by atoms with Crippen LogP contribution in [0.15, 0.2) is 12.3 Å². The first-order valence-corrected chi connectivity index (χ1v) is 7.95. The van der Waals surface area contributed by atoms with Gasteiger partial charge in [-0.1, -0.05) is 0 Å². The number of aromatic amines is 1. The molecule has 1 aromatic heterocycles. The van der Waals surface area contributed by atoms with Crippen LogP contribution >= 0.6 is 0 Å². The van der Waals surface area contributed by atoms with Crippen LogP contribution in [-0.4, -0.2) is 56.8 Å². The van der Waals surface area contributed by atoms with Gasteiger partial charge in [0.2, 0.25) is 0 Å². The molecular formula is C17H24N4O2. The average Bonchev–Trinajstić information content (AvgIpc) is 3.09. The van der Waals surface area contributed by atoms with Gasteiger partial charge in [0, 0.05) is 57.1 Å². The number of amides is 1. The molecule has 0 atom stereocenters. The van der Waals surface area contributed by atoms with Crippen LogP contribution in [0.3, 0.4) is 0 Å². The SMILES string of the molecule is CNCCN(C)C(=O)Oc1cc2c(c3c(C)c[nH]c13)CCN2C. The molecule has 0 spiro atoms. The molecule has 0 saturated carbocycles. The van der Waals surface area contributed by atoms with E-state index in [1.807, 2.05) is 19.3 Å². The Kier molecular flexibility index (Phi) is 4.17. The molecule has 0 aliphatic carbocycles. The van der Waals surface area contributed by atoms with E-state index < -0.39 is 0 Å². The number of H-pyrrole nitrogens is 1. The molecule has 0 bridgehead atoms. The van der Waals surface area contributed by atoms with E-state index in [9.17, 15) is 4.79 Å². The fraction of sp³-hybridized carbons (Fsp3) is 0.471. The summed E-state index contributed by atoms with van der Waals surface area (Å²) in [4.78, 5) is 19.4. The van der Waals surface area contributed by atoms with Crippen molar-refractivity contribution in [2.45, 2.75) is 13.3 Å². The van der Waals surface area contributed by atoms with Crippen molar-refractivity contribution in [2.24, 2.45) is 0 Å². The lowest BCUT2D eigenvalue weighted by atomic mass is 10.0. The van der Waals surface area contributed by atoms with E-state index in [-0.39, 0.29) is 6.09 Å². The van der Waals surface area contributed by atoms with Gasteiger partial charge in [-0.25, -0.2) is 4.79 Å². The molecule has 6 heteroatoms. The molecule has 2 N–H and O–H groups in total. The standard InChI is InChI=1S/C17H24N4O2/c1-11-10-19-16-14(23-17(22)21(4)8-6-18-2)9-13-12(15(11)16)5-7-20(13)3/h9-10,18-19H,5-8H2,1-4H3. The summed E-state index contributed by atoms with van der Waals surface area (Å²) < 4.78 is 5.67. The first-order valence-electron chi connectivity index (χ1n) is 7.95. The minimum absolute atomic E-state index is 0.339. The van der Waals surface area contributed by atoms with Crippen LogP contribution in [0.1, 0.15) is 11.1 Å². The number of hydrogen-bond acceptors (Lipinski definition) is 4. The Labute approximate surface area is 136 Å². The predicted molar refractivity (Wildman–Crippen MR) is 92.6 cm³/mol. The minimum Gasteiger partial charge on any atom is -0.408 e. The van der Waals surface area contributed by atoms with Crippen LogP contribution in [0.5, 0.6) is 5.75 Å². The van der Waals surface area contributed by atoms with Crippen LogP contribution in [-0.2, 0) is 6.42 Å². The highest BCUT2D eigenvalue weighted by Gasteiger charge is 2.24. The molecule has 23 heavy (non-hydrogen) atoms. The van der Waals surface area contributed by atoms with Gasteiger partial charge < -0.3 is 24.8 Å². The predicted octanol–water partition coefficient (Wildman–Crippen LogP) is 2.12. The Hall–Kier alpha value is -2.21. The second-order valence-electron chi connectivity index (χ2n) is 6.16. The van der Waals surface area contributed by atoms with Crippen molar-refractivity contribution in [3.63, 3.8) is 0 Å². The molecule has 1 aliphatic rings. The maximum atomic E-state index is 12.3. The van der Waals surface area contributed by atoms with Gasteiger partial charge in [-0.2, -0.15) is 0 Å². The molecule has 0 fully saturated rings. The first-order chi connectivity index (χ1) is 11.0. The Morgan fingerprint density at radius 2 is 2.30 bits per heavy atom. The molecule has 2 heterocycles. The quantitative estimate of drug-likeness (QED) is 0.907. The number of nitrogens with one attached hydrogen (secondary N) is 2. The average molecular weight is 316 g/mol. The number of benzene rings is 1. The van der Waals surface area contributed by atoms with Crippen molar-refractivity contribution in [3.05, 3.63) is 23.4 Å². The maximum absolute atomic E-state index is 12.3. The highest BCUT2D eigenvalue weighted by atomic mass is 16.6. The summed E-state index contributed by atoms with van der Waals surface area (Å²) in [5.41, 5.74) is 4.59. The molecule has 0 unspecified atom stereocenters. The highest BCUT2D eigenvalue weighted by molar-refractivity contribution is 5.97. The van der Waals surface area contributed by atoms with Crippen LogP contribution in [0.4, 0.5) is 10.5 Å². The van der Waals surface area contributed by atoms with Gasteiger partial charge in [0.15, 0.2) is 5.75 Å². The third-order valence-corrected chi connectivity index (χ3v) is 4.52. The molecule has 1 aromatic carbocycles. The normalized spacial score (nSPS) is 13.5. The number of ether oxygens (including phenoxy) is 1. The number of hydrogen-bond donors (Lipinski definition) is 2. The number of carbonyl (C=O) groups excluding carboxylic acids is 1. The summed E-state index contributed by atoms with van der Waals surface area (Å²) in [5.74, 6) is 0.599. The zero-order valence-electron chi connectivity index (χ0n) is 14.2. The molecule has 1 amide bonds. The largest absolute Gasteiger partial charge is 0.415 e. The van der Waals surface area contributed by atoms with Gasteiger partial charge >= 0.3 is 6.09 Å². The number of aryl methyl sites for hydroxylation is 1. The number of aromatic nitrogens is 1. The molecular weight excluding hydrogens is 292 g/mol. The lowest BCUT2D eigenvalue weighted by molar-refractivity contribution is 0.164. The number of nitrogens with zero attached hydrogens (tertiary/aromatic N) is 2. The summed E-state index contributed by atoms with van der Waals surface area (Å²) in [7, 11) is 5.68. The van der Waals surface area contributed by atoms with Crippen molar-refractivity contribution in [1.29, 1.82) is 0 Å². The van der Waals surface area contributed by atoms with Gasteiger partial charge in [-0.05, 0) is 31.5 Å². The lowest BCUT2D eigenvalue weighted by Gasteiger charge is -2.18. The second-order valence-corrected chi connectivity index (χ2v) is 6.16. The van der Waals surface area contributed by atoms with E-state index in [0.29, 0.717) is 12.3 Å². The highest BCUT2D eigenvalue weighted by Crippen LogP contribution is 2.40. The smallest absolute Gasteiger partial charge is 0.408 e. The molecule has 1 aliphatic heterocycles. The van der Waals surface area contributed by atoms with Gasteiger partial charge in [0.05, 0.1) is 5.52 Å². The Bertz CT molecular complexity index is 738. The summed E-state index contributed by atoms with van der Waals surface area (Å²) in [6.45, 7) is 4.42. The molecule has 0 radical (unpaired) electrons. The van der Waals surface area contributed by atoms with Gasteiger partial charge in [0.25, 0.3) is 0 Å². The Balaban J connectivity index is 1.95. The van der Waals surface area contributed by atoms with Crippen molar-refractivity contribution in [3.8, 4) is 5.75 Å². The fourth-order valence-corrected chi connectivity index (χ4v) is 3.13. The second kappa shape index (κ2) is 6.12. The van der Waals surface area contributed by atoms with Gasteiger partial charge in [0.1, 0.15) is 0 Å². The van der Waals surface area contributed by atoms with Crippen LogP contribution < -0.4 is 15.0 Å². The van der Waals surface area contributed by atoms with Crippen LogP contribution in [0.25, 0.3) is 10.9 Å². The topological polar surface area (TPSA) is 60.6 Å². The van der Waals surface area contributed by atoms with Crippen molar-refractivity contribution in [2.75, 3.05) is 45.7 Å². The zero-order valence-corrected chi connectivity index (χ0v) is 14.2. The van der Waals surface area contributed by atoms with Crippen molar-refractivity contribution < 1.29 is 9.53 Å². The van der Waals surface area contributed by atoms with E-state index in [0.717, 1.165) is 30.7 Å². The van der Waals surface area contributed by atoms with Gasteiger partial charge in [-0.15, -0.1) is 0 Å². The molecule has 0 saturated heterocycles. The van der Waals surface area contributed by atoms with Crippen LogP contribution in [0.2, 0.25) is 0 Å². The Morgan fingerprint density at radius 3 is 3.04 bits per heavy atom. The minimum atomic E-state index is -0.339. The number of carbonyl (C=O) groups is 1. The third-order valence-electron chi connectivity index (χ3n) is 4.52. The molecule has 3 rings (SSSR count). The number of likely N-dealkylation sites (N-methyl/N-ethyl adjacent to an activating group) is 3. The molecule has 2 aromatic rings. The summed E-state index contributed by atoms with van der Waals surface area (Å²) in [5, 5.41) is 4.22. The summed E-state index contributed by atoms with van der Waals surface area (Å²) in [6.07, 6.45) is 2.66. The van der Waals surface area contributed by atoms with E-state index in [1.165, 1.54) is 16.5 Å². The molecule has 124 valence electrons. The number of rotatable bonds is 4. The van der Waals surface area contributed by atoms with E-state index >= 15 is 0 Å². The third kappa shape index (κ3) is 2.74. The van der Waals surface area contributed by atoms with E-state index in [4.69, 9.17) is 4.74 Å². The van der Waals surface area contributed by atoms with E-state index in [2.05, 4.69) is 29.2 Å². The summed E-state index contributed by atoms with van der Waals surface area (Å²) >= 11 is 0. The van der Waals surface area contributed by atoms with Gasteiger partial charge in [-0.3, -0.25) is 0 Å². The number of fused-ring (bicyclic) bond motifs is 3. The Morgan fingerprint density at radius 1 is 1.52 bits per heavy atom. The fourth-order valence-electron chi connectivity index (χ4n) is 3.13. The van der Waals surface area contributed by atoms with Crippen LogP contribution in [0, 0.1) is 6.92 Å². The molecule has 6 nitrogen and oxygen atoms in total. The summed E-state index contributed by atoms with van der Waals surface area (Å²) in [6, 6.07) is 1.98. The maximum Gasteiger partial charge on any atom is 0.415 e. The van der Waals surface area contributed by atoms with E-state index in [1.54, 1.807) is 11.9 Å². The zero-order chi connectivity index (χ0) is 16.6. The van der Waals surface area contributed by atoms with Crippen molar-refractivity contribution in [1.82, 2.24) is 15.2 Å². The number of anilines is 1.